The first-order valence-electron chi connectivity index (χ1n) is 6.32. The smallest absolute Gasteiger partial charge is 0.283 e. The number of alkyl halides is 1. The van der Waals surface area contributed by atoms with Crippen molar-refractivity contribution in [3.8, 4) is 0 Å². The van der Waals surface area contributed by atoms with E-state index >= 15 is 0 Å². The summed E-state index contributed by atoms with van der Waals surface area (Å²) in [5, 5.41) is 0. The topological polar surface area (TPSA) is 59.0 Å². The molecule has 1 heterocycles. The number of halogens is 1. The number of amidine groups is 1. The Bertz CT molecular complexity index is 578. The molecule has 0 aromatic heterocycles. The van der Waals surface area contributed by atoms with Gasteiger partial charge >= 0.3 is 0 Å². The summed E-state index contributed by atoms with van der Waals surface area (Å²) in [5.41, 5.74) is 0.999. The third-order valence-electron chi connectivity index (χ3n) is 3.04. The molecule has 20 heavy (non-hydrogen) atoms. The zero-order valence-electron chi connectivity index (χ0n) is 11.3. The van der Waals surface area contributed by atoms with Gasteiger partial charge in [0.1, 0.15) is 5.84 Å². The lowest BCUT2D eigenvalue weighted by atomic mass is 10.2. The summed E-state index contributed by atoms with van der Waals surface area (Å²) >= 11 is 5.84. The highest BCUT2D eigenvalue weighted by atomic mass is 35.5. The molecule has 5 nitrogen and oxygen atoms in total. The first-order chi connectivity index (χ1) is 9.53. The van der Waals surface area contributed by atoms with Gasteiger partial charge in [-0.3, -0.25) is 0 Å². The van der Waals surface area contributed by atoms with Crippen molar-refractivity contribution in [1.82, 2.24) is 4.90 Å². The second-order valence-electron chi connectivity index (χ2n) is 4.53. The van der Waals surface area contributed by atoms with Gasteiger partial charge in [-0.1, -0.05) is 17.7 Å². The van der Waals surface area contributed by atoms with Crippen LogP contribution in [0.3, 0.4) is 0 Å². The molecule has 0 N–H and O–H groups in total. The number of morpholine rings is 1. The van der Waals surface area contributed by atoms with Crippen molar-refractivity contribution in [2.45, 2.75) is 11.8 Å². The first-order valence-corrected chi connectivity index (χ1v) is 8.29. The average Bonchev–Trinajstić information content (AvgIpc) is 2.46. The first kappa shape index (κ1) is 15.3. The van der Waals surface area contributed by atoms with E-state index in [-0.39, 0.29) is 10.8 Å². The molecule has 1 aliphatic heterocycles. The molecule has 1 aromatic carbocycles. The molecule has 0 unspecified atom stereocenters. The van der Waals surface area contributed by atoms with Gasteiger partial charge in [0.15, 0.2) is 0 Å². The third-order valence-corrected chi connectivity index (χ3v) is 4.60. The van der Waals surface area contributed by atoms with E-state index in [4.69, 9.17) is 16.3 Å². The Morgan fingerprint density at radius 1 is 1.30 bits per heavy atom. The molecular formula is C13H17ClN2O3S. The molecule has 1 aliphatic rings. The van der Waals surface area contributed by atoms with E-state index in [0.717, 1.165) is 5.56 Å². The van der Waals surface area contributed by atoms with Gasteiger partial charge in [-0.15, -0.1) is 16.0 Å². The van der Waals surface area contributed by atoms with Crippen LogP contribution in [0.5, 0.6) is 0 Å². The quantitative estimate of drug-likeness (QED) is 0.483. The van der Waals surface area contributed by atoms with Crippen LogP contribution in [0.15, 0.2) is 33.6 Å². The number of benzene rings is 1. The Morgan fingerprint density at radius 3 is 2.45 bits per heavy atom. The maximum absolute atomic E-state index is 12.3. The summed E-state index contributed by atoms with van der Waals surface area (Å²) in [6.45, 7) is 4.22. The summed E-state index contributed by atoms with van der Waals surface area (Å²) < 4.78 is 33.6. The van der Waals surface area contributed by atoms with Gasteiger partial charge in [-0.2, -0.15) is 8.42 Å². The Kier molecular flexibility index (Phi) is 5.01. The maximum atomic E-state index is 12.3. The van der Waals surface area contributed by atoms with E-state index < -0.39 is 10.0 Å². The number of rotatable bonds is 3. The molecule has 7 heteroatoms. The van der Waals surface area contributed by atoms with Crippen molar-refractivity contribution in [2.75, 3.05) is 32.2 Å². The minimum Gasteiger partial charge on any atom is -0.378 e. The summed E-state index contributed by atoms with van der Waals surface area (Å²) in [6, 6.07) is 6.60. The Morgan fingerprint density at radius 2 is 1.90 bits per heavy atom. The SMILES string of the molecule is Cc1ccc(S(=O)(=O)/N=C(/CCl)N2CCOCC2)cc1. The predicted molar refractivity (Wildman–Crippen MR) is 78.9 cm³/mol. The van der Waals surface area contributed by atoms with Gasteiger partial charge in [0.25, 0.3) is 10.0 Å². The van der Waals surface area contributed by atoms with E-state index in [9.17, 15) is 8.42 Å². The molecule has 0 amide bonds. The van der Waals surface area contributed by atoms with Crippen LogP contribution < -0.4 is 0 Å². The lowest BCUT2D eigenvalue weighted by Crippen LogP contribution is -2.41. The normalized spacial score (nSPS) is 17.3. The number of hydrogen-bond donors (Lipinski definition) is 0. The van der Waals surface area contributed by atoms with E-state index in [1.54, 1.807) is 24.3 Å². The maximum Gasteiger partial charge on any atom is 0.283 e. The molecule has 0 radical (unpaired) electrons. The molecule has 0 saturated carbocycles. The van der Waals surface area contributed by atoms with Crippen LogP contribution in [0, 0.1) is 6.92 Å². The average molecular weight is 317 g/mol. The van der Waals surface area contributed by atoms with Gasteiger partial charge in [0.2, 0.25) is 0 Å². The molecule has 110 valence electrons. The highest BCUT2D eigenvalue weighted by Crippen LogP contribution is 2.14. The Balaban J connectivity index is 2.27. The lowest BCUT2D eigenvalue weighted by Gasteiger charge is -2.28. The van der Waals surface area contributed by atoms with Crippen molar-refractivity contribution in [1.29, 1.82) is 0 Å². The van der Waals surface area contributed by atoms with Crippen LogP contribution in [0.4, 0.5) is 0 Å². The highest BCUT2D eigenvalue weighted by Gasteiger charge is 2.19. The highest BCUT2D eigenvalue weighted by molar-refractivity contribution is 7.90. The number of nitrogens with zero attached hydrogens (tertiary/aromatic N) is 2. The lowest BCUT2D eigenvalue weighted by molar-refractivity contribution is 0.0680. The number of hydrogen-bond acceptors (Lipinski definition) is 3. The summed E-state index contributed by atoms with van der Waals surface area (Å²) in [4.78, 5) is 2.03. The van der Waals surface area contributed by atoms with E-state index in [2.05, 4.69) is 4.40 Å². The number of aryl methyl sites for hydroxylation is 1. The summed E-state index contributed by atoms with van der Waals surface area (Å²) in [6.07, 6.45) is 0. The second-order valence-corrected chi connectivity index (χ2v) is 6.40. The monoisotopic (exact) mass is 316 g/mol. The molecule has 0 atom stereocenters. The molecular weight excluding hydrogens is 300 g/mol. The van der Waals surface area contributed by atoms with Crippen molar-refractivity contribution in [3.05, 3.63) is 29.8 Å². The van der Waals surface area contributed by atoms with Crippen LogP contribution >= 0.6 is 11.6 Å². The van der Waals surface area contributed by atoms with Crippen LogP contribution in [-0.2, 0) is 14.8 Å². The number of sulfonamides is 1. The predicted octanol–water partition coefficient (Wildman–Crippen LogP) is 1.65. The van der Waals surface area contributed by atoms with Crippen molar-refractivity contribution in [3.63, 3.8) is 0 Å². The fourth-order valence-corrected chi connectivity index (χ4v) is 3.23. The fraction of sp³-hybridized carbons (Fsp3) is 0.462. The van der Waals surface area contributed by atoms with E-state index in [1.165, 1.54) is 0 Å². The van der Waals surface area contributed by atoms with Crippen LogP contribution in [0.25, 0.3) is 0 Å². The Labute approximate surface area is 124 Å². The zero-order chi connectivity index (χ0) is 14.6. The van der Waals surface area contributed by atoms with Crippen LogP contribution in [0.1, 0.15) is 5.56 Å². The molecule has 1 saturated heterocycles. The van der Waals surface area contributed by atoms with Crippen molar-refractivity contribution < 1.29 is 13.2 Å². The standard InChI is InChI=1S/C13H17ClN2O3S/c1-11-2-4-12(5-3-11)20(17,18)15-13(10-14)16-6-8-19-9-7-16/h2-5H,6-10H2,1H3/b15-13-. The summed E-state index contributed by atoms with van der Waals surface area (Å²) in [7, 11) is -3.72. The molecule has 0 spiro atoms. The van der Waals surface area contributed by atoms with Crippen LogP contribution in [0.2, 0.25) is 0 Å². The zero-order valence-corrected chi connectivity index (χ0v) is 12.8. The molecule has 2 rings (SSSR count). The minimum absolute atomic E-state index is 0.0606. The minimum atomic E-state index is -3.72. The Hall–Kier alpha value is -1.11. The molecule has 1 aromatic rings. The summed E-state index contributed by atoms with van der Waals surface area (Å²) in [5.74, 6) is 0.431. The van der Waals surface area contributed by atoms with Gasteiger partial charge in [0.05, 0.1) is 24.0 Å². The molecule has 0 bridgehead atoms. The van der Waals surface area contributed by atoms with E-state index in [0.29, 0.717) is 32.1 Å². The van der Waals surface area contributed by atoms with Gasteiger partial charge in [0, 0.05) is 13.1 Å². The van der Waals surface area contributed by atoms with Gasteiger partial charge < -0.3 is 9.64 Å². The molecule has 1 fully saturated rings. The van der Waals surface area contributed by atoms with Gasteiger partial charge in [-0.25, -0.2) is 0 Å². The second kappa shape index (κ2) is 6.56. The largest absolute Gasteiger partial charge is 0.378 e. The fourth-order valence-electron chi connectivity index (χ4n) is 1.89. The van der Waals surface area contributed by atoms with Gasteiger partial charge in [-0.05, 0) is 19.1 Å². The third kappa shape index (κ3) is 3.71. The van der Waals surface area contributed by atoms with Crippen molar-refractivity contribution >= 4 is 27.5 Å². The van der Waals surface area contributed by atoms with E-state index in [1.807, 2.05) is 11.8 Å². The molecule has 0 aliphatic carbocycles. The number of ether oxygens (including phenoxy) is 1. The van der Waals surface area contributed by atoms with Crippen LogP contribution in [-0.4, -0.2) is 51.3 Å². The van der Waals surface area contributed by atoms with Crippen molar-refractivity contribution in [2.24, 2.45) is 4.40 Å².